The Morgan fingerprint density at radius 2 is 2.05 bits per heavy atom. The predicted octanol–water partition coefficient (Wildman–Crippen LogP) is 2.42. The van der Waals surface area contributed by atoms with Gasteiger partial charge < -0.3 is 14.7 Å². The van der Waals surface area contributed by atoms with Gasteiger partial charge in [0.2, 0.25) is 5.91 Å². The van der Waals surface area contributed by atoms with Crippen LogP contribution in [-0.4, -0.2) is 41.1 Å². The van der Waals surface area contributed by atoms with Gasteiger partial charge in [-0.2, -0.15) is 0 Å². The number of likely N-dealkylation sites (N-methyl/N-ethyl adjacent to an activating group) is 1. The number of carboxylic acid groups (broad SMARTS) is 1. The molecule has 0 bridgehead atoms. The Bertz CT molecular complexity index is 549. The molecule has 0 saturated carbocycles. The fourth-order valence-corrected chi connectivity index (χ4v) is 1.94. The molecule has 0 spiro atoms. The Balaban J connectivity index is 2.92. The zero-order chi connectivity index (χ0) is 16.0. The monoisotopic (exact) mass is 291 g/mol. The van der Waals surface area contributed by atoms with Crippen molar-refractivity contribution in [1.29, 1.82) is 0 Å². The summed E-state index contributed by atoms with van der Waals surface area (Å²) in [5.41, 5.74) is -0.434. The van der Waals surface area contributed by atoms with E-state index in [1.54, 1.807) is 26.2 Å². The van der Waals surface area contributed by atoms with E-state index in [9.17, 15) is 14.7 Å². The number of methoxy groups -OCH3 is 1. The van der Waals surface area contributed by atoms with Crippen molar-refractivity contribution >= 4 is 18.0 Å². The van der Waals surface area contributed by atoms with Crippen molar-refractivity contribution in [2.75, 3.05) is 13.7 Å². The number of aliphatic carboxylic acids is 1. The second-order valence-electron chi connectivity index (χ2n) is 5.06. The smallest absolute Gasteiger partial charge is 0.329 e. The summed E-state index contributed by atoms with van der Waals surface area (Å²) < 4.78 is 5.11. The van der Waals surface area contributed by atoms with Crippen molar-refractivity contribution in [2.24, 2.45) is 0 Å². The molecule has 1 N–H and O–H groups in total. The molecule has 0 aromatic heterocycles. The topological polar surface area (TPSA) is 66.8 Å². The molecule has 0 aliphatic rings. The number of carbonyl (C=O) groups excluding carboxylic acids is 1. The Kier molecular flexibility index (Phi) is 5.52. The quantitative estimate of drug-likeness (QED) is 0.817. The lowest BCUT2D eigenvalue weighted by Gasteiger charge is -2.33. The lowest BCUT2D eigenvalue weighted by Crippen LogP contribution is -2.52. The van der Waals surface area contributed by atoms with Gasteiger partial charge in [0.25, 0.3) is 0 Å². The van der Waals surface area contributed by atoms with E-state index in [-0.39, 0.29) is 5.91 Å². The summed E-state index contributed by atoms with van der Waals surface area (Å²) in [6.07, 6.45) is 3.02. The zero-order valence-electron chi connectivity index (χ0n) is 12.8. The maximum Gasteiger partial charge on any atom is 0.329 e. The summed E-state index contributed by atoms with van der Waals surface area (Å²) in [7, 11) is 1.57. The van der Waals surface area contributed by atoms with E-state index in [2.05, 4.69) is 0 Å². The third-order valence-electron chi connectivity index (χ3n) is 3.29. The number of hydrogen-bond donors (Lipinski definition) is 1. The van der Waals surface area contributed by atoms with Gasteiger partial charge in [-0.15, -0.1) is 0 Å². The molecular weight excluding hydrogens is 270 g/mol. The molecule has 114 valence electrons. The second-order valence-corrected chi connectivity index (χ2v) is 5.06. The van der Waals surface area contributed by atoms with Gasteiger partial charge in [0.15, 0.2) is 0 Å². The van der Waals surface area contributed by atoms with Crippen LogP contribution in [-0.2, 0) is 9.59 Å². The maximum absolute atomic E-state index is 12.2. The van der Waals surface area contributed by atoms with Crippen LogP contribution in [0.2, 0.25) is 0 Å². The minimum absolute atomic E-state index is 0.320. The van der Waals surface area contributed by atoms with Crippen LogP contribution < -0.4 is 4.74 Å². The first-order valence-electron chi connectivity index (χ1n) is 6.70. The van der Waals surface area contributed by atoms with E-state index >= 15 is 0 Å². The first kappa shape index (κ1) is 16.8. The van der Waals surface area contributed by atoms with Gasteiger partial charge in [0, 0.05) is 12.6 Å². The largest absolute Gasteiger partial charge is 0.497 e. The molecule has 0 radical (unpaired) electrons. The number of rotatable bonds is 6. The van der Waals surface area contributed by atoms with Crippen molar-refractivity contribution in [3.63, 3.8) is 0 Å². The highest BCUT2D eigenvalue weighted by Gasteiger charge is 2.35. The number of ether oxygens (including phenoxy) is 1. The fourth-order valence-electron chi connectivity index (χ4n) is 1.94. The Morgan fingerprint density at radius 1 is 1.38 bits per heavy atom. The number of carbonyl (C=O) groups is 2. The van der Waals surface area contributed by atoms with Crippen LogP contribution in [0.5, 0.6) is 5.75 Å². The van der Waals surface area contributed by atoms with E-state index in [1.165, 1.54) is 24.8 Å². The standard InChI is InChI=1S/C16H21NO4/c1-5-17(16(2,3)15(19)20)14(18)10-9-12-7-6-8-13(11-12)21-4/h6-11H,5H2,1-4H3,(H,19,20). The van der Waals surface area contributed by atoms with Crippen LogP contribution in [0.3, 0.4) is 0 Å². The molecule has 0 aliphatic heterocycles. The van der Waals surface area contributed by atoms with E-state index in [0.29, 0.717) is 12.3 Å². The summed E-state index contributed by atoms with van der Waals surface area (Å²) >= 11 is 0. The highest BCUT2D eigenvalue weighted by atomic mass is 16.5. The maximum atomic E-state index is 12.2. The number of hydrogen-bond acceptors (Lipinski definition) is 3. The van der Waals surface area contributed by atoms with Crippen LogP contribution in [0, 0.1) is 0 Å². The third-order valence-corrected chi connectivity index (χ3v) is 3.29. The SMILES string of the molecule is CCN(C(=O)C=Cc1cccc(OC)c1)C(C)(C)C(=O)O. The molecule has 0 fully saturated rings. The Labute approximate surface area is 124 Å². The van der Waals surface area contributed by atoms with Crippen LogP contribution in [0.1, 0.15) is 26.3 Å². The number of carboxylic acids is 1. The molecule has 0 heterocycles. The highest BCUT2D eigenvalue weighted by Crippen LogP contribution is 2.17. The molecule has 1 rings (SSSR count). The zero-order valence-corrected chi connectivity index (χ0v) is 12.8. The van der Waals surface area contributed by atoms with Crippen LogP contribution in [0.4, 0.5) is 0 Å². The van der Waals surface area contributed by atoms with Crippen LogP contribution >= 0.6 is 0 Å². The molecular formula is C16H21NO4. The summed E-state index contributed by atoms with van der Waals surface area (Å²) in [5.74, 6) is -0.678. The minimum atomic E-state index is -1.25. The van der Waals surface area contributed by atoms with Gasteiger partial charge in [0.05, 0.1) is 7.11 Å². The van der Waals surface area contributed by atoms with Gasteiger partial charge in [-0.1, -0.05) is 12.1 Å². The molecule has 0 aliphatic carbocycles. The van der Waals surface area contributed by atoms with E-state index in [4.69, 9.17) is 4.74 Å². The molecule has 21 heavy (non-hydrogen) atoms. The van der Waals surface area contributed by atoms with Crippen molar-refractivity contribution < 1.29 is 19.4 Å². The third kappa shape index (κ3) is 4.08. The normalized spacial score (nSPS) is 11.4. The first-order chi connectivity index (χ1) is 9.82. The highest BCUT2D eigenvalue weighted by molar-refractivity contribution is 5.95. The van der Waals surface area contributed by atoms with E-state index < -0.39 is 11.5 Å². The number of nitrogens with zero attached hydrogens (tertiary/aromatic N) is 1. The van der Waals surface area contributed by atoms with E-state index in [0.717, 1.165) is 5.56 Å². The fraction of sp³-hybridized carbons (Fsp3) is 0.375. The van der Waals surface area contributed by atoms with Gasteiger partial charge in [-0.3, -0.25) is 4.79 Å². The average Bonchev–Trinajstić information content (AvgIpc) is 2.45. The average molecular weight is 291 g/mol. The molecule has 0 saturated heterocycles. The molecule has 0 atom stereocenters. The lowest BCUT2D eigenvalue weighted by atomic mass is 10.0. The molecule has 0 unspecified atom stereocenters. The number of benzene rings is 1. The Hall–Kier alpha value is -2.30. The van der Waals surface area contributed by atoms with E-state index in [1.807, 2.05) is 18.2 Å². The summed E-state index contributed by atoms with van der Waals surface area (Å²) in [5, 5.41) is 9.21. The Morgan fingerprint density at radius 3 is 2.57 bits per heavy atom. The molecule has 5 nitrogen and oxygen atoms in total. The molecule has 1 aromatic rings. The van der Waals surface area contributed by atoms with Gasteiger partial charge in [0.1, 0.15) is 11.3 Å². The minimum Gasteiger partial charge on any atom is -0.497 e. The first-order valence-corrected chi connectivity index (χ1v) is 6.70. The summed E-state index contributed by atoms with van der Waals surface area (Å²) in [6.45, 7) is 5.09. The van der Waals surface area contributed by atoms with Crippen molar-refractivity contribution in [2.45, 2.75) is 26.3 Å². The lowest BCUT2D eigenvalue weighted by molar-refractivity contribution is -0.154. The van der Waals surface area contributed by atoms with Crippen molar-refractivity contribution in [3.8, 4) is 5.75 Å². The van der Waals surface area contributed by atoms with Crippen molar-refractivity contribution in [1.82, 2.24) is 4.90 Å². The van der Waals surface area contributed by atoms with Crippen molar-refractivity contribution in [3.05, 3.63) is 35.9 Å². The van der Waals surface area contributed by atoms with Gasteiger partial charge in [-0.25, -0.2) is 4.79 Å². The van der Waals surface area contributed by atoms with Gasteiger partial charge in [-0.05, 0) is 44.5 Å². The van der Waals surface area contributed by atoms with Crippen LogP contribution in [0.25, 0.3) is 6.08 Å². The molecule has 5 heteroatoms. The van der Waals surface area contributed by atoms with Gasteiger partial charge >= 0.3 is 5.97 Å². The number of amides is 1. The summed E-state index contributed by atoms with van der Waals surface area (Å²) in [6, 6.07) is 7.26. The summed E-state index contributed by atoms with van der Waals surface area (Å²) in [4.78, 5) is 24.8. The molecule has 1 aromatic carbocycles. The molecule has 1 amide bonds. The second kappa shape index (κ2) is 6.92. The van der Waals surface area contributed by atoms with Crippen LogP contribution in [0.15, 0.2) is 30.3 Å². The predicted molar refractivity (Wildman–Crippen MR) is 81.1 cm³/mol.